The first-order valence-electron chi connectivity index (χ1n) is 5.20. The third-order valence-corrected chi connectivity index (χ3v) is 2.66. The third kappa shape index (κ3) is 3.11. The second kappa shape index (κ2) is 4.83. The summed E-state index contributed by atoms with van der Waals surface area (Å²) in [5.41, 5.74) is 5.83. The summed E-state index contributed by atoms with van der Waals surface area (Å²) in [7, 11) is 0. The van der Waals surface area contributed by atoms with Gasteiger partial charge >= 0.3 is 0 Å². The molecule has 2 N–H and O–H groups in total. The van der Waals surface area contributed by atoms with Gasteiger partial charge in [0.15, 0.2) is 0 Å². The van der Waals surface area contributed by atoms with E-state index in [0.29, 0.717) is 6.04 Å². The van der Waals surface area contributed by atoms with Gasteiger partial charge in [-0.05, 0) is 25.3 Å². The largest absolute Gasteiger partial charge is 0.326 e. The minimum Gasteiger partial charge on any atom is -0.326 e. The lowest BCUT2D eigenvalue weighted by Crippen LogP contribution is -2.29. The van der Waals surface area contributed by atoms with Gasteiger partial charge in [-0.1, -0.05) is 20.3 Å². The number of hydrogen-bond acceptors (Lipinski definition) is 2. The summed E-state index contributed by atoms with van der Waals surface area (Å²) >= 11 is 0. The molecule has 1 aliphatic heterocycles. The van der Waals surface area contributed by atoms with Crippen LogP contribution >= 0.6 is 0 Å². The molecule has 0 bridgehead atoms. The van der Waals surface area contributed by atoms with E-state index in [1.165, 1.54) is 32.4 Å². The first-order chi connectivity index (χ1) is 5.72. The molecule has 2 heteroatoms. The smallest absolute Gasteiger partial charge is 0.0180 e. The van der Waals surface area contributed by atoms with Gasteiger partial charge in [-0.3, -0.25) is 0 Å². The van der Waals surface area contributed by atoms with Crippen LogP contribution in [0.4, 0.5) is 0 Å². The van der Waals surface area contributed by atoms with Gasteiger partial charge in [0.2, 0.25) is 0 Å². The van der Waals surface area contributed by atoms with E-state index in [9.17, 15) is 0 Å². The van der Waals surface area contributed by atoms with Crippen LogP contribution in [-0.4, -0.2) is 30.6 Å². The Bertz CT molecular complexity index is 125. The number of rotatable bonds is 4. The van der Waals surface area contributed by atoms with Gasteiger partial charge in [0.05, 0.1) is 0 Å². The van der Waals surface area contributed by atoms with Gasteiger partial charge in [0, 0.05) is 19.1 Å². The molecule has 2 nitrogen and oxygen atoms in total. The van der Waals surface area contributed by atoms with Crippen molar-refractivity contribution in [1.29, 1.82) is 0 Å². The highest BCUT2D eigenvalue weighted by Gasteiger charge is 2.19. The molecule has 0 radical (unpaired) electrons. The van der Waals surface area contributed by atoms with Crippen molar-refractivity contribution in [3.05, 3.63) is 0 Å². The first kappa shape index (κ1) is 10.0. The lowest BCUT2D eigenvalue weighted by molar-refractivity contribution is 0.276. The maximum absolute atomic E-state index is 5.83. The molecule has 0 aromatic carbocycles. The molecule has 0 aromatic heterocycles. The molecule has 72 valence electrons. The molecule has 12 heavy (non-hydrogen) atoms. The van der Waals surface area contributed by atoms with Crippen LogP contribution < -0.4 is 5.73 Å². The van der Waals surface area contributed by atoms with E-state index >= 15 is 0 Å². The first-order valence-corrected chi connectivity index (χ1v) is 5.20. The molecule has 0 aliphatic carbocycles. The summed E-state index contributed by atoms with van der Waals surface area (Å²) in [6, 6.07) is 0.443. The maximum atomic E-state index is 5.83. The summed E-state index contributed by atoms with van der Waals surface area (Å²) in [5, 5.41) is 0. The van der Waals surface area contributed by atoms with E-state index < -0.39 is 0 Å². The van der Waals surface area contributed by atoms with Crippen LogP contribution in [0.15, 0.2) is 0 Å². The average molecular weight is 170 g/mol. The predicted octanol–water partition coefficient (Wildman–Crippen LogP) is 1.46. The Labute approximate surface area is 76.1 Å². The fourth-order valence-corrected chi connectivity index (χ4v) is 2.05. The summed E-state index contributed by atoms with van der Waals surface area (Å²) in [6.45, 7) is 8.18. The van der Waals surface area contributed by atoms with E-state index in [4.69, 9.17) is 5.73 Å². The normalized spacial score (nSPS) is 27.8. The Morgan fingerprint density at radius 1 is 1.58 bits per heavy atom. The molecule has 1 fully saturated rings. The second-order valence-electron chi connectivity index (χ2n) is 4.20. The standard InChI is InChI=1S/C10H22N2/c1-3-4-9(2)7-12-6-5-10(11)8-12/h9-10H,3-8,11H2,1-2H3/t9?,10-/m1/s1. The molecular formula is C10H22N2. The number of hydrogen-bond donors (Lipinski definition) is 1. The van der Waals surface area contributed by atoms with Crippen LogP contribution in [0, 0.1) is 5.92 Å². The van der Waals surface area contributed by atoms with Crippen LogP contribution in [0.25, 0.3) is 0 Å². The molecular weight excluding hydrogens is 148 g/mol. The molecule has 0 aromatic rings. The summed E-state index contributed by atoms with van der Waals surface area (Å²) < 4.78 is 0. The predicted molar refractivity (Wildman–Crippen MR) is 53.1 cm³/mol. The molecule has 1 rings (SSSR count). The highest BCUT2D eigenvalue weighted by Crippen LogP contribution is 2.12. The van der Waals surface area contributed by atoms with Crippen LogP contribution in [0.1, 0.15) is 33.1 Å². The van der Waals surface area contributed by atoms with Gasteiger partial charge in [-0.15, -0.1) is 0 Å². The number of likely N-dealkylation sites (tertiary alicyclic amines) is 1. The summed E-state index contributed by atoms with van der Waals surface area (Å²) in [4.78, 5) is 2.50. The van der Waals surface area contributed by atoms with Crippen LogP contribution in [0.3, 0.4) is 0 Å². The molecule has 1 saturated heterocycles. The Kier molecular flexibility index (Phi) is 4.02. The average Bonchev–Trinajstić information content (AvgIpc) is 2.36. The van der Waals surface area contributed by atoms with Crippen molar-refractivity contribution < 1.29 is 0 Å². The van der Waals surface area contributed by atoms with Crippen molar-refractivity contribution in [2.24, 2.45) is 11.7 Å². The minimum absolute atomic E-state index is 0.443. The minimum atomic E-state index is 0.443. The quantitative estimate of drug-likeness (QED) is 0.692. The zero-order valence-electron chi connectivity index (χ0n) is 8.42. The number of nitrogens with two attached hydrogens (primary N) is 1. The van der Waals surface area contributed by atoms with Gasteiger partial charge in [-0.2, -0.15) is 0 Å². The zero-order chi connectivity index (χ0) is 8.97. The molecule has 0 spiro atoms. The van der Waals surface area contributed by atoms with Crippen LogP contribution in [-0.2, 0) is 0 Å². The summed E-state index contributed by atoms with van der Waals surface area (Å²) in [5.74, 6) is 0.847. The highest BCUT2D eigenvalue weighted by molar-refractivity contribution is 4.78. The lowest BCUT2D eigenvalue weighted by Gasteiger charge is -2.19. The van der Waals surface area contributed by atoms with Crippen molar-refractivity contribution >= 4 is 0 Å². The van der Waals surface area contributed by atoms with Crippen LogP contribution in [0.2, 0.25) is 0 Å². The van der Waals surface area contributed by atoms with E-state index in [-0.39, 0.29) is 0 Å². The van der Waals surface area contributed by atoms with Crippen molar-refractivity contribution in [1.82, 2.24) is 4.90 Å². The van der Waals surface area contributed by atoms with Crippen molar-refractivity contribution in [3.8, 4) is 0 Å². The van der Waals surface area contributed by atoms with E-state index in [0.717, 1.165) is 12.5 Å². The van der Waals surface area contributed by atoms with E-state index in [1.807, 2.05) is 0 Å². The molecule has 0 amide bonds. The van der Waals surface area contributed by atoms with Crippen molar-refractivity contribution in [2.45, 2.75) is 39.2 Å². The molecule has 1 heterocycles. The lowest BCUT2D eigenvalue weighted by atomic mass is 10.1. The Morgan fingerprint density at radius 3 is 2.83 bits per heavy atom. The topological polar surface area (TPSA) is 29.3 Å². The highest BCUT2D eigenvalue weighted by atomic mass is 15.2. The SMILES string of the molecule is CCCC(C)CN1CC[C@@H](N)C1. The van der Waals surface area contributed by atoms with Crippen LogP contribution in [0.5, 0.6) is 0 Å². The summed E-state index contributed by atoms with van der Waals surface area (Å²) in [6.07, 6.45) is 3.85. The molecule has 2 atom stereocenters. The Balaban J connectivity index is 2.14. The molecule has 1 aliphatic rings. The molecule has 1 unspecified atom stereocenters. The van der Waals surface area contributed by atoms with Gasteiger partial charge in [0.1, 0.15) is 0 Å². The fourth-order valence-electron chi connectivity index (χ4n) is 2.05. The van der Waals surface area contributed by atoms with Crippen molar-refractivity contribution in [2.75, 3.05) is 19.6 Å². The second-order valence-corrected chi connectivity index (χ2v) is 4.20. The maximum Gasteiger partial charge on any atom is 0.0180 e. The zero-order valence-corrected chi connectivity index (χ0v) is 8.42. The Morgan fingerprint density at radius 2 is 2.33 bits per heavy atom. The Hall–Kier alpha value is -0.0800. The number of nitrogens with zero attached hydrogens (tertiary/aromatic N) is 1. The monoisotopic (exact) mass is 170 g/mol. The van der Waals surface area contributed by atoms with E-state index in [2.05, 4.69) is 18.7 Å². The van der Waals surface area contributed by atoms with Gasteiger partial charge in [0.25, 0.3) is 0 Å². The van der Waals surface area contributed by atoms with Gasteiger partial charge < -0.3 is 10.6 Å². The van der Waals surface area contributed by atoms with E-state index in [1.54, 1.807) is 0 Å². The molecule has 0 saturated carbocycles. The van der Waals surface area contributed by atoms with Crippen molar-refractivity contribution in [3.63, 3.8) is 0 Å². The van der Waals surface area contributed by atoms with Gasteiger partial charge in [-0.25, -0.2) is 0 Å². The fraction of sp³-hybridized carbons (Fsp3) is 1.00. The third-order valence-electron chi connectivity index (χ3n) is 2.66.